The Labute approximate surface area is 110 Å². The van der Waals surface area contributed by atoms with Crippen LogP contribution in [0.15, 0.2) is 60.7 Å². The Balaban J connectivity index is 0.00000128. The summed E-state index contributed by atoms with van der Waals surface area (Å²) in [5.74, 6) is 0. The molecule has 2 aromatic carbocycles. The number of hydrogen-bond donors (Lipinski definition) is 0. The van der Waals surface area contributed by atoms with Gasteiger partial charge in [0, 0.05) is 0 Å². The number of benzene rings is 2. The third-order valence-electron chi connectivity index (χ3n) is 2.70. The molecule has 0 unspecified atom stereocenters. The first kappa shape index (κ1) is 13.3. The van der Waals surface area contributed by atoms with Crippen molar-refractivity contribution in [2.45, 2.75) is 10.4 Å². The number of rotatable bonds is 2. The van der Waals surface area contributed by atoms with E-state index in [2.05, 4.69) is 67.6 Å². The van der Waals surface area contributed by atoms with E-state index in [4.69, 9.17) is 0 Å². The summed E-state index contributed by atoms with van der Waals surface area (Å²) in [6.07, 6.45) is 0. The molecule has 2 aromatic rings. The van der Waals surface area contributed by atoms with E-state index in [9.17, 15) is 0 Å². The van der Waals surface area contributed by atoms with Gasteiger partial charge in [-0.25, -0.2) is 0 Å². The summed E-state index contributed by atoms with van der Waals surface area (Å²) in [5.41, 5.74) is 2.80. The largest absolute Gasteiger partial charge is 0.412 e. The van der Waals surface area contributed by atoms with Gasteiger partial charge in [0.15, 0.2) is 0 Å². The first-order valence-corrected chi connectivity index (χ1v) is 6.50. The van der Waals surface area contributed by atoms with Gasteiger partial charge in [0.25, 0.3) is 0 Å². The summed E-state index contributed by atoms with van der Waals surface area (Å²) >= 11 is 1.52. The van der Waals surface area contributed by atoms with E-state index in [1.54, 1.807) is 0 Å². The van der Waals surface area contributed by atoms with Crippen molar-refractivity contribution in [1.82, 2.24) is 0 Å². The van der Waals surface area contributed by atoms with Gasteiger partial charge < -0.3 is 5.48 Å². The van der Waals surface area contributed by atoms with Crippen LogP contribution in [0.1, 0.15) is 18.1 Å². The molecule has 0 spiro atoms. The van der Waals surface area contributed by atoms with Crippen molar-refractivity contribution in [3.8, 4) is 0 Å². The molecule has 2 rings (SSSR count). The molecule has 0 aliphatic heterocycles. The standard InChI is InChI=1S/C14H13.H2O.Sn/c1-12(13-8-4-2-5-9-13)14-10-6-3-7-11-14;;/h2-11H,1H3;1H2;. The van der Waals surface area contributed by atoms with Crippen LogP contribution in [-0.4, -0.2) is 28.0 Å². The third-order valence-corrected chi connectivity index (χ3v) is 4.35. The molecule has 0 heterocycles. The van der Waals surface area contributed by atoms with Crippen LogP contribution in [-0.2, 0) is 3.43 Å². The summed E-state index contributed by atoms with van der Waals surface area (Å²) in [7, 11) is 0. The van der Waals surface area contributed by atoms with Gasteiger partial charge in [-0.05, 0) is 0 Å². The Morgan fingerprint density at radius 3 is 1.38 bits per heavy atom. The van der Waals surface area contributed by atoms with Crippen LogP contribution in [0.5, 0.6) is 0 Å². The van der Waals surface area contributed by atoms with Crippen LogP contribution in [0.4, 0.5) is 0 Å². The van der Waals surface area contributed by atoms with Gasteiger partial charge in [0.2, 0.25) is 0 Å². The maximum absolute atomic E-state index is 2.30. The van der Waals surface area contributed by atoms with E-state index in [1.165, 1.54) is 33.7 Å². The Bertz CT molecular complexity index is 382. The third kappa shape index (κ3) is 2.65. The minimum atomic E-state index is 0. The Hall–Kier alpha value is -0.801. The maximum Gasteiger partial charge on any atom is -0.412 e. The second-order valence-electron chi connectivity index (χ2n) is 3.86. The van der Waals surface area contributed by atoms with Crippen molar-refractivity contribution in [3.63, 3.8) is 0 Å². The molecule has 2 heteroatoms. The van der Waals surface area contributed by atoms with Gasteiger partial charge in [-0.15, -0.1) is 0 Å². The Morgan fingerprint density at radius 1 is 0.750 bits per heavy atom. The fraction of sp³-hybridized carbons (Fsp3) is 0.143. The quantitative estimate of drug-likeness (QED) is 0.761. The summed E-state index contributed by atoms with van der Waals surface area (Å²) in [6, 6.07) is 21.4. The van der Waals surface area contributed by atoms with Gasteiger partial charge in [0.05, 0.1) is 0 Å². The van der Waals surface area contributed by atoms with Gasteiger partial charge in [-0.2, -0.15) is 0 Å². The van der Waals surface area contributed by atoms with Crippen molar-refractivity contribution in [3.05, 3.63) is 71.8 Å². The molecular weight excluding hydrogens is 303 g/mol. The molecule has 0 saturated heterocycles. The van der Waals surface area contributed by atoms with E-state index in [-0.39, 0.29) is 8.91 Å². The van der Waals surface area contributed by atoms with Crippen LogP contribution < -0.4 is 0 Å². The second-order valence-corrected chi connectivity index (χ2v) is 6.71. The van der Waals surface area contributed by atoms with E-state index in [0.717, 1.165) is 0 Å². The summed E-state index contributed by atoms with van der Waals surface area (Å²) in [5, 5.41) is 0. The average Bonchev–Trinajstić information content (AvgIpc) is 2.31. The molecule has 0 aliphatic carbocycles. The van der Waals surface area contributed by atoms with Gasteiger partial charge in [0.1, 0.15) is 0 Å². The Kier molecular flexibility index (Phi) is 4.56. The molecule has 3 radical (unpaired) electrons. The van der Waals surface area contributed by atoms with Crippen LogP contribution in [0.3, 0.4) is 0 Å². The summed E-state index contributed by atoms with van der Waals surface area (Å²) in [6.45, 7) is 2.30. The van der Waals surface area contributed by atoms with Gasteiger partial charge >= 0.3 is 105 Å². The van der Waals surface area contributed by atoms with E-state index in [0.29, 0.717) is 0 Å². The van der Waals surface area contributed by atoms with E-state index in [1.807, 2.05) is 0 Å². The molecule has 81 valence electrons. The van der Waals surface area contributed by atoms with Crippen molar-refractivity contribution >= 4 is 22.5 Å². The van der Waals surface area contributed by atoms with E-state index < -0.39 is 0 Å². The maximum atomic E-state index is 2.30. The molecule has 16 heavy (non-hydrogen) atoms. The zero-order chi connectivity index (χ0) is 10.7. The molecule has 0 fully saturated rings. The van der Waals surface area contributed by atoms with Crippen molar-refractivity contribution < 1.29 is 5.48 Å². The predicted octanol–water partition coefficient (Wildman–Crippen LogP) is 2.29. The molecule has 1 nitrogen and oxygen atoms in total. The molecule has 0 amide bonds. The zero-order valence-electron chi connectivity index (χ0n) is 9.27. The molecule has 2 N–H and O–H groups in total. The molecule has 0 saturated carbocycles. The van der Waals surface area contributed by atoms with Gasteiger partial charge in [-0.1, -0.05) is 0 Å². The van der Waals surface area contributed by atoms with Crippen molar-refractivity contribution in [2.75, 3.05) is 0 Å². The van der Waals surface area contributed by atoms with Crippen molar-refractivity contribution in [1.29, 1.82) is 0 Å². The van der Waals surface area contributed by atoms with Crippen LogP contribution in [0.2, 0.25) is 0 Å². The minimum Gasteiger partial charge on any atom is -0.412 e. The monoisotopic (exact) mass is 319 g/mol. The Morgan fingerprint density at radius 2 is 1.06 bits per heavy atom. The molecule has 0 bridgehead atoms. The fourth-order valence-corrected chi connectivity index (χ4v) is 2.66. The molecule has 0 atom stereocenters. The summed E-state index contributed by atoms with van der Waals surface area (Å²) < 4.78 is 0.176. The smallest absolute Gasteiger partial charge is 0.412 e. The van der Waals surface area contributed by atoms with Crippen LogP contribution in [0, 0.1) is 0 Å². The topological polar surface area (TPSA) is 31.5 Å². The zero-order valence-corrected chi connectivity index (χ0v) is 12.1. The predicted molar refractivity (Wildman–Crippen MR) is 68.7 cm³/mol. The van der Waals surface area contributed by atoms with Crippen LogP contribution >= 0.6 is 0 Å². The van der Waals surface area contributed by atoms with Crippen molar-refractivity contribution in [2.24, 2.45) is 0 Å². The first-order valence-electron chi connectivity index (χ1n) is 5.07. The molecule has 0 aliphatic rings. The normalized spacial score (nSPS) is 10.6. The number of hydrogen-bond acceptors (Lipinski definition) is 0. The molecule has 0 aromatic heterocycles. The summed E-state index contributed by atoms with van der Waals surface area (Å²) in [4.78, 5) is 0. The van der Waals surface area contributed by atoms with Crippen LogP contribution in [0.25, 0.3) is 0 Å². The SMILES string of the molecule is C[C]([Sn])(c1ccccc1)c1ccccc1.O. The van der Waals surface area contributed by atoms with Gasteiger partial charge in [-0.3, -0.25) is 0 Å². The van der Waals surface area contributed by atoms with E-state index >= 15 is 0 Å². The minimum absolute atomic E-state index is 0. The second kappa shape index (κ2) is 5.50. The first-order chi connectivity index (χ1) is 7.21. The average molecular weight is 318 g/mol. The fourth-order valence-electron chi connectivity index (χ4n) is 1.71. The molecular formula is C14H15OSn.